The zero-order valence-electron chi connectivity index (χ0n) is 14.8. The summed E-state index contributed by atoms with van der Waals surface area (Å²) in [5.74, 6) is 0.875. The van der Waals surface area contributed by atoms with Gasteiger partial charge in [-0.05, 0) is 37.2 Å². The van der Waals surface area contributed by atoms with Crippen molar-refractivity contribution in [2.45, 2.75) is 53.0 Å². The van der Waals surface area contributed by atoms with E-state index in [2.05, 4.69) is 48.4 Å². The van der Waals surface area contributed by atoms with Gasteiger partial charge < -0.3 is 10.6 Å². The molecule has 0 bridgehead atoms. The van der Waals surface area contributed by atoms with Crippen molar-refractivity contribution in [1.29, 1.82) is 0 Å². The third-order valence-electron chi connectivity index (χ3n) is 3.40. The zero-order valence-corrected chi connectivity index (χ0v) is 17.1. The molecule has 1 heterocycles. The molecule has 0 amide bonds. The number of guanidine groups is 1. The van der Waals surface area contributed by atoms with E-state index in [0.29, 0.717) is 11.5 Å². The van der Waals surface area contributed by atoms with Gasteiger partial charge >= 0.3 is 0 Å². The van der Waals surface area contributed by atoms with Gasteiger partial charge in [-0.15, -0.1) is 24.0 Å². The molecule has 0 aliphatic carbocycles. The van der Waals surface area contributed by atoms with Crippen LogP contribution in [0.1, 0.15) is 46.1 Å². The number of hydrogen-bond donors (Lipinski definition) is 2. The Hall–Kier alpha value is -0.790. The first-order valence-electron chi connectivity index (χ1n) is 7.75. The Morgan fingerprint density at radius 2 is 2.09 bits per heavy atom. The predicted octanol–water partition coefficient (Wildman–Crippen LogP) is 2.96. The topological polar surface area (TPSA) is 54.2 Å². The molecule has 0 saturated carbocycles. The van der Waals surface area contributed by atoms with Gasteiger partial charge in [0.25, 0.3) is 0 Å². The number of nitrogens with zero attached hydrogens (tertiary/aromatic N) is 3. The molecule has 1 rings (SSSR count). The van der Waals surface area contributed by atoms with E-state index in [1.807, 2.05) is 31.2 Å². The first kappa shape index (κ1) is 21.2. The second kappa shape index (κ2) is 10.1. The van der Waals surface area contributed by atoms with Crippen LogP contribution in [-0.4, -0.2) is 35.4 Å². The normalized spacial score (nSPS) is 13.5. The third kappa shape index (κ3) is 9.27. The molecule has 0 aliphatic heterocycles. The monoisotopic (exact) mass is 421 g/mol. The first-order valence-corrected chi connectivity index (χ1v) is 7.75. The van der Waals surface area contributed by atoms with Crippen molar-refractivity contribution in [2.75, 3.05) is 13.6 Å². The molecular formula is C16H32IN5. The minimum Gasteiger partial charge on any atom is -0.356 e. The average molecular weight is 421 g/mol. The molecule has 1 unspecified atom stereocenters. The maximum Gasteiger partial charge on any atom is 0.191 e. The van der Waals surface area contributed by atoms with Crippen LogP contribution in [0.3, 0.4) is 0 Å². The Bertz CT molecular complexity index is 448. The number of halogens is 1. The fraction of sp³-hybridized carbons (Fsp3) is 0.750. The van der Waals surface area contributed by atoms with Crippen molar-refractivity contribution >= 4 is 29.9 Å². The lowest BCUT2D eigenvalue weighted by Crippen LogP contribution is -2.43. The van der Waals surface area contributed by atoms with E-state index in [9.17, 15) is 0 Å². The van der Waals surface area contributed by atoms with E-state index in [-0.39, 0.29) is 24.0 Å². The van der Waals surface area contributed by atoms with Crippen molar-refractivity contribution in [3.05, 3.63) is 18.0 Å². The number of rotatable bonds is 6. The minimum atomic E-state index is 0. The Balaban J connectivity index is 0.00000441. The van der Waals surface area contributed by atoms with Crippen LogP contribution in [-0.2, 0) is 13.5 Å². The highest BCUT2D eigenvalue weighted by Gasteiger charge is 2.13. The SMILES string of the molecule is CN=C(NCCc1cnn(C)c1)NC(C)CCC(C)(C)C.I. The van der Waals surface area contributed by atoms with Crippen molar-refractivity contribution in [3.8, 4) is 0 Å². The van der Waals surface area contributed by atoms with E-state index in [0.717, 1.165) is 25.3 Å². The van der Waals surface area contributed by atoms with Gasteiger partial charge in [0.1, 0.15) is 0 Å². The van der Waals surface area contributed by atoms with Crippen LogP contribution in [0.15, 0.2) is 17.4 Å². The molecular weight excluding hydrogens is 389 g/mol. The van der Waals surface area contributed by atoms with Crippen LogP contribution in [0.5, 0.6) is 0 Å². The van der Waals surface area contributed by atoms with Gasteiger partial charge in [0.2, 0.25) is 0 Å². The summed E-state index contributed by atoms with van der Waals surface area (Å²) in [6, 6.07) is 0.425. The zero-order chi connectivity index (χ0) is 15.9. The maximum absolute atomic E-state index is 4.28. The standard InChI is InChI=1S/C16H31N5.HI/c1-13(7-9-16(2,3)4)20-15(17-5)18-10-8-14-11-19-21(6)12-14;/h11-13H,7-10H2,1-6H3,(H2,17,18,20);1H. The summed E-state index contributed by atoms with van der Waals surface area (Å²) in [6.45, 7) is 9.90. The highest BCUT2D eigenvalue weighted by atomic mass is 127. The van der Waals surface area contributed by atoms with Crippen molar-refractivity contribution in [3.63, 3.8) is 0 Å². The molecule has 128 valence electrons. The number of hydrogen-bond acceptors (Lipinski definition) is 2. The van der Waals surface area contributed by atoms with Crippen LogP contribution in [0, 0.1) is 5.41 Å². The van der Waals surface area contributed by atoms with Gasteiger partial charge in [0, 0.05) is 32.9 Å². The third-order valence-corrected chi connectivity index (χ3v) is 3.40. The smallest absolute Gasteiger partial charge is 0.191 e. The highest BCUT2D eigenvalue weighted by Crippen LogP contribution is 2.21. The first-order chi connectivity index (χ1) is 9.80. The molecule has 0 radical (unpaired) electrons. The van der Waals surface area contributed by atoms with Gasteiger partial charge in [-0.2, -0.15) is 5.10 Å². The molecule has 5 nitrogen and oxygen atoms in total. The van der Waals surface area contributed by atoms with Crippen LogP contribution in [0.2, 0.25) is 0 Å². The molecule has 0 aliphatic rings. The van der Waals surface area contributed by atoms with E-state index in [4.69, 9.17) is 0 Å². The Morgan fingerprint density at radius 1 is 1.41 bits per heavy atom. The number of aliphatic imine (C=N–C) groups is 1. The summed E-state index contributed by atoms with van der Waals surface area (Å²) >= 11 is 0. The molecule has 0 saturated heterocycles. The second-order valence-electron chi connectivity index (χ2n) is 6.92. The van der Waals surface area contributed by atoms with Crippen LogP contribution >= 0.6 is 24.0 Å². The summed E-state index contributed by atoms with van der Waals surface area (Å²) in [6.07, 6.45) is 7.25. The molecule has 22 heavy (non-hydrogen) atoms. The lowest BCUT2D eigenvalue weighted by Gasteiger charge is -2.23. The number of nitrogens with one attached hydrogen (secondary N) is 2. The fourth-order valence-corrected chi connectivity index (χ4v) is 2.08. The fourth-order valence-electron chi connectivity index (χ4n) is 2.08. The predicted molar refractivity (Wildman–Crippen MR) is 105 cm³/mol. The van der Waals surface area contributed by atoms with Gasteiger partial charge in [-0.25, -0.2) is 0 Å². The molecule has 1 aromatic heterocycles. The summed E-state index contributed by atoms with van der Waals surface area (Å²) in [5.41, 5.74) is 1.62. The second-order valence-corrected chi connectivity index (χ2v) is 6.92. The van der Waals surface area contributed by atoms with Crippen molar-refractivity contribution in [2.24, 2.45) is 17.5 Å². The average Bonchev–Trinajstić information content (AvgIpc) is 2.80. The summed E-state index contributed by atoms with van der Waals surface area (Å²) in [5, 5.41) is 11.0. The molecule has 1 atom stereocenters. The highest BCUT2D eigenvalue weighted by molar-refractivity contribution is 14.0. The molecule has 0 aromatic carbocycles. The van der Waals surface area contributed by atoms with E-state index < -0.39 is 0 Å². The van der Waals surface area contributed by atoms with Gasteiger partial charge in [-0.1, -0.05) is 20.8 Å². The van der Waals surface area contributed by atoms with E-state index in [1.54, 1.807) is 0 Å². The van der Waals surface area contributed by atoms with Gasteiger partial charge in [-0.3, -0.25) is 9.67 Å². The van der Waals surface area contributed by atoms with Crippen LogP contribution in [0.25, 0.3) is 0 Å². The molecule has 0 fully saturated rings. The summed E-state index contributed by atoms with van der Waals surface area (Å²) < 4.78 is 1.83. The van der Waals surface area contributed by atoms with E-state index in [1.165, 1.54) is 12.0 Å². The minimum absolute atomic E-state index is 0. The summed E-state index contributed by atoms with van der Waals surface area (Å²) in [4.78, 5) is 4.28. The van der Waals surface area contributed by atoms with Crippen molar-refractivity contribution in [1.82, 2.24) is 20.4 Å². The largest absolute Gasteiger partial charge is 0.356 e. The number of aromatic nitrogens is 2. The maximum atomic E-state index is 4.28. The van der Waals surface area contributed by atoms with Gasteiger partial charge in [0.15, 0.2) is 5.96 Å². The summed E-state index contributed by atoms with van der Waals surface area (Å²) in [7, 11) is 3.75. The van der Waals surface area contributed by atoms with Gasteiger partial charge in [0.05, 0.1) is 6.20 Å². The molecule has 0 spiro atoms. The molecule has 1 aromatic rings. The van der Waals surface area contributed by atoms with Crippen LogP contribution < -0.4 is 10.6 Å². The number of aryl methyl sites for hydroxylation is 1. The Kier molecular flexibility index (Phi) is 9.71. The Morgan fingerprint density at radius 3 is 2.59 bits per heavy atom. The quantitative estimate of drug-likeness (QED) is 0.422. The lowest BCUT2D eigenvalue weighted by atomic mass is 9.89. The van der Waals surface area contributed by atoms with Crippen LogP contribution in [0.4, 0.5) is 0 Å². The van der Waals surface area contributed by atoms with Crippen molar-refractivity contribution < 1.29 is 0 Å². The molecule has 2 N–H and O–H groups in total. The Labute approximate surface area is 152 Å². The molecule has 6 heteroatoms. The van der Waals surface area contributed by atoms with E-state index >= 15 is 0 Å². The lowest BCUT2D eigenvalue weighted by molar-refractivity contribution is 0.346.